The number of rotatable bonds is 5. The van der Waals surface area contributed by atoms with Crippen molar-refractivity contribution in [3.8, 4) is 0 Å². The molecular weight excluding hydrogens is 360 g/mol. The van der Waals surface area contributed by atoms with Gasteiger partial charge >= 0.3 is 0 Å². The molecule has 27 heavy (non-hydrogen) atoms. The Hall–Kier alpha value is -2.86. The van der Waals surface area contributed by atoms with Gasteiger partial charge in [-0.3, -0.25) is 0 Å². The van der Waals surface area contributed by atoms with E-state index in [1.165, 1.54) is 18.5 Å². The fourth-order valence-corrected chi connectivity index (χ4v) is 3.33. The van der Waals surface area contributed by atoms with Crippen LogP contribution in [-0.4, -0.2) is 28.3 Å². The molecule has 1 fully saturated rings. The van der Waals surface area contributed by atoms with Crippen LogP contribution in [0.4, 0.5) is 28.8 Å². The predicted molar refractivity (Wildman–Crippen MR) is 110 cm³/mol. The van der Waals surface area contributed by atoms with Crippen molar-refractivity contribution in [3.05, 3.63) is 59.2 Å². The zero-order valence-corrected chi connectivity index (χ0v) is 15.9. The summed E-state index contributed by atoms with van der Waals surface area (Å²) in [5, 5.41) is 15.3. The van der Waals surface area contributed by atoms with Gasteiger partial charge in [0.2, 0.25) is 5.95 Å². The van der Waals surface area contributed by atoms with Crippen LogP contribution in [0, 0.1) is 6.92 Å². The van der Waals surface area contributed by atoms with Gasteiger partial charge in [-0.25, -0.2) is 0 Å². The van der Waals surface area contributed by atoms with Gasteiger partial charge in [-0.2, -0.15) is 10.1 Å². The van der Waals surface area contributed by atoms with Crippen LogP contribution in [0.2, 0.25) is 5.02 Å². The molecule has 1 aromatic heterocycles. The maximum Gasteiger partial charge on any atom is 0.249 e. The van der Waals surface area contributed by atoms with Gasteiger partial charge in [0.05, 0.1) is 6.20 Å². The van der Waals surface area contributed by atoms with Gasteiger partial charge in [0.15, 0.2) is 5.82 Å². The molecule has 3 aromatic rings. The second-order valence-electron chi connectivity index (χ2n) is 6.57. The van der Waals surface area contributed by atoms with Crippen LogP contribution in [0.15, 0.2) is 48.7 Å². The average molecular weight is 381 g/mol. The number of hydrogen-bond donors (Lipinski definition) is 2. The summed E-state index contributed by atoms with van der Waals surface area (Å²) in [6, 6.07) is 14.0. The van der Waals surface area contributed by atoms with E-state index in [2.05, 4.69) is 42.8 Å². The Morgan fingerprint density at radius 1 is 1.00 bits per heavy atom. The van der Waals surface area contributed by atoms with E-state index in [1.807, 2.05) is 37.3 Å². The summed E-state index contributed by atoms with van der Waals surface area (Å²) in [4.78, 5) is 6.89. The topological polar surface area (TPSA) is 66.0 Å². The lowest BCUT2D eigenvalue weighted by Crippen LogP contribution is -2.17. The molecule has 4 rings (SSSR count). The molecule has 6 nitrogen and oxygen atoms in total. The summed E-state index contributed by atoms with van der Waals surface area (Å²) < 4.78 is 0. The Morgan fingerprint density at radius 2 is 1.78 bits per heavy atom. The molecule has 0 unspecified atom stereocenters. The minimum absolute atomic E-state index is 0.439. The van der Waals surface area contributed by atoms with Crippen molar-refractivity contribution < 1.29 is 0 Å². The highest BCUT2D eigenvalue weighted by Crippen LogP contribution is 2.26. The maximum atomic E-state index is 6.17. The Bertz CT molecular complexity index is 922. The molecule has 2 aromatic carbocycles. The van der Waals surface area contributed by atoms with Gasteiger partial charge in [0.25, 0.3) is 0 Å². The lowest BCUT2D eigenvalue weighted by molar-refractivity contribution is 0.949. The molecule has 0 radical (unpaired) electrons. The lowest BCUT2D eigenvalue weighted by atomic mass is 10.2. The first kappa shape index (κ1) is 17.5. The first-order valence-corrected chi connectivity index (χ1v) is 9.41. The highest BCUT2D eigenvalue weighted by molar-refractivity contribution is 6.31. The molecule has 0 saturated carbocycles. The fourth-order valence-electron chi connectivity index (χ4n) is 3.16. The summed E-state index contributed by atoms with van der Waals surface area (Å²) in [5.41, 5.74) is 4.04. The van der Waals surface area contributed by atoms with Crippen molar-refractivity contribution in [2.24, 2.45) is 0 Å². The molecule has 7 heteroatoms. The van der Waals surface area contributed by atoms with E-state index in [0.29, 0.717) is 16.8 Å². The van der Waals surface area contributed by atoms with E-state index < -0.39 is 0 Å². The van der Waals surface area contributed by atoms with Gasteiger partial charge in [0, 0.05) is 35.2 Å². The molecule has 1 aliphatic rings. The highest BCUT2D eigenvalue weighted by atomic mass is 35.5. The fraction of sp³-hybridized carbons (Fsp3) is 0.250. The Kier molecular flexibility index (Phi) is 5.07. The third kappa shape index (κ3) is 4.11. The van der Waals surface area contributed by atoms with Crippen molar-refractivity contribution in [3.63, 3.8) is 0 Å². The third-order valence-corrected chi connectivity index (χ3v) is 5.09. The van der Waals surface area contributed by atoms with E-state index in [9.17, 15) is 0 Å². The van der Waals surface area contributed by atoms with Crippen molar-refractivity contribution in [1.82, 2.24) is 15.2 Å². The summed E-state index contributed by atoms with van der Waals surface area (Å²) in [6.45, 7) is 4.23. The quantitative estimate of drug-likeness (QED) is 0.654. The van der Waals surface area contributed by atoms with Crippen molar-refractivity contribution in [1.29, 1.82) is 0 Å². The summed E-state index contributed by atoms with van der Waals surface area (Å²) in [7, 11) is 0. The van der Waals surface area contributed by atoms with Crippen LogP contribution in [0.25, 0.3) is 0 Å². The van der Waals surface area contributed by atoms with E-state index in [-0.39, 0.29) is 0 Å². The molecular formula is C20H21ClN6. The predicted octanol–water partition coefficient (Wildman–Crippen LogP) is 4.92. The Labute approximate surface area is 163 Å². The second-order valence-corrected chi connectivity index (χ2v) is 6.98. The summed E-state index contributed by atoms with van der Waals surface area (Å²) in [6.07, 6.45) is 4.12. The van der Waals surface area contributed by atoms with Crippen LogP contribution < -0.4 is 15.5 Å². The van der Waals surface area contributed by atoms with Crippen molar-refractivity contribution in [2.75, 3.05) is 28.6 Å². The molecule has 138 valence electrons. The highest BCUT2D eigenvalue weighted by Gasteiger charge is 2.12. The average Bonchev–Trinajstić information content (AvgIpc) is 3.21. The zero-order chi connectivity index (χ0) is 18.6. The number of aromatic nitrogens is 3. The zero-order valence-electron chi connectivity index (χ0n) is 15.1. The molecule has 1 aliphatic heterocycles. The van der Waals surface area contributed by atoms with Crippen LogP contribution in [0.1, 0.15) is 18.4 Å². The van der Waals surface area contributed by atoms with Gasteiger partial charge in [0.1, 0.15) is 0 Å². The van der Waals surface area contributed by atoms with Crippen LogP contribution in [-0.2, 0) is 0 Å². The first-order valence-electron chi connectivity index (χ1n) is 9.03. The van der Waals surface area contributed by atoms with Crippen LogP contribution in [0.5, 0.6) is 0 Å². The largest absolute Gasteiger partial charge is 0.372 e. The monoisotopic (exact) mass is 380 g/mol. The molecule has 2 heterocycles. The maximum absolute atomic E-state index is 6.17. The SMILES string of the molecule is Cc1c(Cl)cccc1Nc1cnnc(Nc2ccc(N3CCCC3)cc2)n1. The molecule has 1 saturated heterocycles. The Morgan fingerprint density at radius 3 is 2.56 bits per heavy atom. The minimum atomic E-state index is 0.439. The minimum Gasteiger partial charge on any atom is -0.372 e. The molecule has 0 spiro atoms. The van der Waals surface area contributed by atoms with E-state index >= 15 is 0 Å². The molecule has 0 aliphatic carbocycles. The molecule has 0 amide bonds. The van der Waals surface area contributed by atoms with E-state index in [4.69, 9.17) is 11.6 Å². The number of halogens is 1. The van der Waals surface area contributed by atoms with Crippen molar-refractivity contribution in [2.45, 2.75) is 19.8 Å². The van der Waals surface area contributed by atoms with Gasteiger partial charge in [-0.15, -0.1) is 5.10 Å². The van der Waals surface area contributed by atoms with E-state index in [0.717, 1.165) is 30.0 Å². The second kappa shape index (κ2) is 7.80. The third-order valence-electron chi connectivity index (χ3n) is 4.68. The first-order chi connectivity index (χ1) is 13.2. The van der Waals surface area contributed by atoms with Gasteiger partial charge in [-0.1, -0.05) is 17.7 Å². The molecule has 0 bridgehead atoms. The normalized spacial score (nSPS) is 13.6. The van der Waals surface area contributed by atoms with Gasteiger partial charge < -0.3 is 15.5 Å². The number of anilines is 5. The molecule has 0 atom stereocenters. The number of nitrogens with one attached hydrogen (secondary N) is 2. The summed E-state index contributed by atoms with van der Waals surface area (Å²) >= 11 is 6.17. The number of benzene rings is 2. The molecule has 2 N–H and O–H groups in total. The lowest BCUT2D eigenvalue weighted by Gasteiger charge is -2.17. The van der Waals surface area contributed by atoms with Crippen LogP contribution in [0.3, 0.4) is 0 Å². The number of nitrogens with zero attached hydrogens (tertiary/aromatic N) is 4. The van der Waals surface area contributed by atoms with Crippen molar-refractivity contribution >= 4 is 40.4 Å². The number of hydrogen-bond acceptors (Lipinski definition) is 6. The summed E-state index contributed by atoms with van der Waals surface area (Å²) in [5.74, 6) is 1.04. The van der Waals surface area contributed by atoms with Gasteiger partial charge in [-0.05, 0) is 61.7 Å². The standard InChI is InChI=1S/C20H21ClN6/c1-14-17(21)5-4-6-18(14)24-19-13-22-26-20(25-19)23-15-7-9-16(10-8-15)27-11-2-3-12-27/h4-10,13H,2-3,11-12H2,1H3,(H2,23,24,25,26). The smallest absolute Gasteiger partial charge is 0.249 e. The Balaban J connectivity index is 1.47. The van der Waals surface area contributed by atoms with E-state index in [1.54, 1.807) is 6.20 Å². The van der Waals surface area contributed by atoms with Crippen LogP contribution >= 0.6 is 11.6 Å².